The molecule has 0 bridgehead atoms. The van der Waals surface area contributed by atoms with Crippen molar-refractivity contribution in [1.29, 1.82) is 0 Å². The van der Waals surface area contributed by atoms with Crippen molar-refractivity contribution in [2.24, 2.45) is 0 Å². The van der Waals surface area contributed by atoms with Gasteiger partial charge in [0.05, 0.1) is 15.8 Å². The van der Waals surface area contributed by atoms with E-state index in [1.807, 2.05) is 0 Å². The summed E-state index contributed by atoms with van der Waals surface area (Å²) in [6, 6.07) is 14.3. The maximum Gasteiger partial charge on any atom is 0.271 e. The van der Waals surface area contributed by atoms with E-state index in [0.717, 1.165) is 0 Å². The number of aromatic carboxylic acids is 1. The van der Waals surface area contributed by atoms with Gasteiger partial charge in [-0.25, -0.2) is 8.42 Å². The van der Waals surface area contributed by atoms with E-state index < -0.39 is 26.8 Å². The molecule has 0 aliphatic carbocycles. The van der Waals surface area contributed by atoms with Crippen LogP contribution in [-0.2, 0) is 10.0 Å². The highest BCUT2D eigenvalue weighted by Gasteiger charge is 2.20. The highest BCUT2D eigenvalue weighted by Crippen LogP contribution is 2.23. The first-order chi connectivity index (χ1) is 15.1. The molecule has 11 heteroatoms. The van der Waals surface area contributed by atoms with Gasteiger partial charge in [0.15, 0.2) is 0 Å². The van der Waals surface area contributed by atoms with Crippen molar-refractivity contribution in [3.8, 4) is 0 Å². The van der Waals surface area contributed by atoms with E-state index in [0.29, 0.717) is 5.56 Å². The number of nitro benzene ring substituents is 1. The molecule has 0 atom stereocenters. The fraction of sp³-hybridized carbons (Fsp3) is 0.0476. The Bertz CT molecular complexity index is 1320. The average Bonchev–Trinajstić information content (AvgIpc) is 2.74. The maximum atomic E-state index is 12.8. The molecular weight excluding hydrogens is 438 g/mol. The van der Waals surface area contributed by atoms with Crippen molar-refractivity contribution in [1.82, 2.24) is 0 Å². The number of nitrogens with one attached hydrogen (secondary N) is 2. The van der Waals surface area contributed by atoms with Crippen LogP contribution in [0.2, 0.25) is 0 Å². The van der Waals surface area contributed by atoms with Gasteiger partial charge >= 0.3 is 0 Å². The number of nitrogens with zero attached hydrogens (tertiary/aromatic N) is 1. The lowest BCUT2D eigenvalue weighted by Crippen LogP contribution is -2.22. The minimum absolute atomic E-state index is 0.0229. The van der Waals surface area contributed by atoms with Gasteiger partial charge in [-0.1, -0.05) is 24.3 Å². The molecule has 0 spiro atoms. The summed E-state index contributed by atoms with van der Waals surface area (Å²) in [5, 5.41) is 24.2. The largest absolute Gasteiger partial charge is 0.545 e. The molecule has 3 rings (SSSR count). The number of carboxylic acids is 1. The monoisotopic (exact) mass is 454 g/mol. The average molecular weight is 454 g/mol. The van der Waals surface area contributed by atoms with Crippen LogP contribution in [0.5, 0.6) is 0 Å². The summed E-state index contributed by atoms with van der Waals surface area (Å²) in [6.45, 7) is 1.55. The molecule has 0 fully saturated rings. The van der Waals surface area contributed by atoms with Crippen LogP contribution in [-0.4, -0.2) is 25.2 Å². The second-order valence-corrected chi connectivity index (χ2v) is 8.36. The van der Waals surface area contributed by atoms with Gasteiger partial charge in [-0.05, 0) is 48.4 Å². The van der Waals surface area contributed by atoms with Gasteiger partial charge in [-0.15, -0.1) is 0 Å². The van der Waals surface area contributed by atoms with Crippen LogP contribution in [0.1, 0.15) is 26.3 Å². The first kappa shape index (κ1) is 22.4. The Labute approximate surface area is 182 Å². The number of sulfonamides is 1. The van der Waals surface area contributed by atoms with Crippen LogP contribution in [0, 0.1) is 17.0 Å². The van der Waals surface area contributed by atoms with E-state index in [2.05, 4.69) is 10.0 Å². The Morgan fingerprint density at radius 2 is 1.56 bits per heavy atom. The highest BCUT2D eigenvalue weighted by atomic mass is 32.2. The fourth-order valence-corrected chi connectivity index (χ4v) is 4.15. The molecule has 0 saturated carbocycles. The summed E-state index contributed by atoms with van der Waals surface area (Å²) in [5.74, 6) is -2.04. The number of hydrogen-bond acceptors (Lipinski definition) is 7. The van der Waals surface area contributed by atoms with E-state index in [9.17, 15) is 33.2 Å². The lowest BCUT2D eigenvalue weighted by molar-refractivity contribution is -0.384. The second-order valence-electron chi connectivity index (χ2n) is 6.71. The van der Waals surface area contributed by atoms with E-state index in [1.54, 1.807) is 6.92 Å². The summed E-state index contributed by atoms with van der Waals surface area (Å²) in [4.78, 5) is 33.5. The Balaban J connectivity index is 1.85. The number of aryl methyl sites for hydroxylation is 1. The van der Waals surface area contributed by atoms with Crippen molar-refractivity contribution in [3.63, 3.8) is 0 Å². The van der Waals surface area contributed by atoms with Crippen LogP contribution in [0.15, 0.2) is 71.6 Å². The zero-order valence-corrected chi connectivity index (χ0v) is 17.4. The molecule has 0 aromatic heterocycles. The third-order valence-corrected chi connectivity index (χ3v) is 5.95. The van der Waals surface area contributed by atoms with E-state index in [4.69, 9.17) is 0 Å². The first-order valence-corrected chi connectivity index (χ1v) is 10.6. The smallest absolute Gasteiger partial charge is 0.271 e. The number of carbonyl (C=O) groups is 2. The van der Waals surface area contributed by atoms with Gasteiger partial charge in [0.2, 0.25) is 0 Å². The fourth-order valence-electron chi connectivity index (χ4n) is 2.82. The SMILES string of the molecule is Cc1ccc(C(=O)Nc2cccc([N+](=O)[O-])c2)cc1S(=O)(=O)Nc1ccc(C(=O)[O-])cc1. The first-order valence-electron chi connectivity index (χ1n) is 9.07. The Morgan fingerprint density at radius 3 is 2.19 bits per heavy atom. The number of carbonyl (C=O) groups excluding carboxylic acids is 2. The maximum absolute atomic E-state index is 12.8. The van der Waals surface area contributed by atoms with Gasteiger partial charge < -0.3 is 15.2 Å². The molecule has 0 aliphatic rings. The van der Waals surface area contributed by atoms with Crippen LogP contribution in [0.25, 0.3) is 0 Å². The normalized spacial score (nSPS) is 10.9. The molecule has 0 aliphatic heterocycles. The molecule has 1 amide bonds. The van der Waals surface area contributed by atoms with Crippen molar-refractivity contribution in [2.75, 3.05) is 10.0 Å². The topological polar surface area (TPSA) is 159 Å². The number of anilines is 2. The second kappa shape index (κ2) is 8.86. The number of hydrogen-bond donors (Lipinski definition) is 2. The van der Waals surface area contributed by atoms with Crippen molar-refractivity contribution in [2.45, 2.75) is 11.8 Å². The summed E-state index contributed by atoms with van der Waals surface area (Å²) in [7, 11) is -4.11. The van der Waals surface area contributed by atoms with Crippen LogP contribution >= 0.6 is 0 Å². The van der Waals surface area contributed by atoms with Crippen molar-refractivity contribution >= 4 is 39.0 Å². The van der Waals surface area contributed by atoms with Gasteiger partial charge in [0.25, 0.3) is 21.6 Å². The summed E-state index contributed by atoms with van der Waals surface area (Å²) < 4.78 is 28.0. The summed E-state index contributed by atoms with van der Waals surface area (Å²) >= 11 is 0. The Kier molecular flexibility index (Phi) is 6.21. The van der Waals surface area contributed by atoms with E-state index >= 15 is 0 Å². The van der Waals surface area contributed by atoms with E-state index in [-0.39, 0.29) is 33.1 Å². The number of carboxylic acid groups (broad SMARTS) is 1. The van der Waals surface area contributed by atoms with Gasteiger partial charge in [0.1, 0.15) is 0 Å². The lowest BCUT2D eigenvalue weighted by atomic mass is 10.1. The Morgan fingerprint density at radius 1 is 0.906 bits per heavy atom. The Hall–Kier alpha value is -4.25. The zero-order chi connectivity index (χ0) is 23.5. The van der Waals surface area contributed by atoms with Gasteiger partial charge in [-0.3, -0.25) is 19.6 Å². The minimum atomic E-state index is -4.11. The summed E-state index contributed by atoms with van der Waals surface area (Å²) in [5.41, 5.74) is 0.388. The molecule has 2 N–H and O–H groups in total. The van der Waals surface area contributed by atoms with Crippen LogP contribution < -0.4 is 15.1 Å². The third kappa shape index (κ3) is 5.08. The third-order valence-electron chi connectivity index (χ3n) is 4.43. The molecule has 3 aromatic rings. The zero-order valence-electron chi connectivity index (χ0n) is 16.6. The molecule has 0 heterocycles. The van der Waals surface area contributed by atoms with E-state index in [1.165, 1.54) is 66.7 Å². The standard InChI is InChI=1S/C21H17N3O7S/c1-13-5-6-15(20(25)22-17-3-2-4-18(12-17)24(28)29)11-19(13)32(30,31)23-16-9-7-14(8-10-16)21(26)27/h2-12,23H,1H3,(H,22,25)(H,26,27)/p-1. The van der Waals surface area contributed by atoms with Gasteiger partial charge in [0, 0.05) is 29.1 Å². The molecule has 0 saturated heterocycles. The molecule has 164 valence electrons. The molecule has 0 radical (unpaired) electrons. The van der Waals surface area contributed by atoms with Crippen molar-refractivity contribution < 1.29 is 28.0 Å². The molecule has 32 heavy (non-hydrogen) atoms. The number of nitro groups is 1. The molecule has 3 aromatic carbocycles. The quantitative estimate of drug-likeness (QED) is 0.409. The summed E-state index contributed by atoms with van der Waals surface area (Å²) in [6.07, 6.45) is 0. The van der Waals surface area contributed by atoms with Crippen LogP contribution in [0.4, 0.5) is 17.1 Å². The van der Waals surface area contributed by atoms with Crippen LogP contribution in [0.3, 0.4) is 0 Å². The predicted octanol–water partition coefficient (Wildman–Crippen LogP) is 2.32. The molecular formula is C21H16N3O7S-. The number of benzene rings is 3. The molecule has 0 unspecified atom stereocenters. The van der Waals surface area contributed by atoms with Crippen molar-refractivity contribution in [3.05, 3.63) is 93.5 Å². The predicted molar refractivity (Wildman–Crippen MR) is 114 cm³/mol. The minimum Gasteiger partial charge on any atom is -0.545 e. The van der Waals surface area contributed by atoms with Gasteiger partial charge in [-0.2, -0.15) is 0 Å². The number of rotatable bonds is 7. The number of non-ortho nitro benzene ring substituents is 1. The lowest BCUT2D eigenvalue weighted by Gasteiger charge is -2.13. The molecule has 10 nitrogen and oxygen atoms in total. The highest BCUT2D eigenvalue weighted by molar-refractivity contribution is 7.92. The number of amides is 1.